The fraction of sp³-hybridized carbons (Fsp3) is 0.385. The maximum atomic E-state index is 13.5. The number of rotatable bonds is 4. The van der Waals surface area contributed by atoms with Crippen LogP contribution < -0.4 is 4.72 Å². The van der Waals surface area contributed by atoms with E-state index in [0.29, 0.717) is 0 Å². The molecule has 114 valence electrons. The Labute approximate surface area is 122 Å². The van der Waals surface area contributed by atoms with Crippen molar-refractivity contribution in [2.75, 3.05) is 0 Å². The molecule has 0 aromatic heterocycles. The number of carboxylic acid groups (broad SMARTS) is 1. The van der Waals surface area contributed by atoms with Crippen LogP contribution in [0.4, 0.5) is 4.39 Å². The summed E-state index contributed by atoms with van der Waals surface area (Å²) in [4.78, 5) is 10.6. The molecular weight excluding hydrogens is 299 g/mol. The first kappa shape index (κ1) is 17.1. The van der Waals surface area contributed by atoms with Crippen LogP contribution in [0.2, 0.25) is 0 Å². The van der Waals surface area contributed by atoms with Crippen LogP contribution in [0, 0.1) is 22.6 Å². The van der Waals surface area contributed by atoms with Gasteiger partial charge in [0.2, 0.25) is 10.0 Å². The van der Waals surface area contributed by atoms with Crippen LogP contribution in [0.1, 0.15) is 26.3 Å². The summed E-state index contributed by atoms with van der Waals surface area (Å²) in [5, 5.41) is 18.0. The largest absolute Gasteiger partial charge is 0.480 e. The number of carbonyl (C=O) groups is 1. The zero-order chi connectivity index (χ0) is 16.4. The standard InChI is InChI=1S/C13H15FN2O4S/c1-13(2,3)11(12(17)18)16-21(19,20)10-6-4-5-9(14)8(10)7-15/h4-6,11,16H,1-3H3,(H,17,18)/t11-/m0/s1. The van der Waals surface area contributed by atoms with Crippen LogP contribution in [0.25, 0.3) is 0 Å². The van der Waals surface area contributed by atoms with Crippen LogP contribution >= 0.6 is 0 Å². The molecule has 1 rings (SSSR count). The van der Waals surface area contributed by atoms with E-state index in [2.05, 4.69) is 0 Å². The van der Waals surface area contributed by atoms with E-state index in [1.165, 1.54) is 6.07 Å². The van der Waals surface area contributed by atoms with E-state index < -0.39 is 43.7 Å². The molecule has 0 spiro atoms. The van der Waals surface area contributed by atoms with Gasteiger partial charge < -0.3 is 5.11 Å². The fourth-order valence-electron chi connectivity index (χ4n) is 1.65. The highest BCUT2D eigenvalue weighted by atomic mass is 32.2. The summed E-state index contributed by atoms with van der Waals surface area (Å²) in [6, 6.07) is 3.19. The van der Waals surface area contributed by atoms with Gasteiger partial charge in [-0.1, -0.05) is 26.8 Å². The fourth-order valence-corrected chi connectivity index (χ4v) is 3.21. The number of hydrogen-bond donors (Lipinski definition) is 2. The van der Waals surface area contributed by atoms with E-state index in [0.717, 1.165) is 18.2 Å². The van der Waals surface area contributed by atoms with Gasteiger partial charge in [-0.15, -0.1) is 0 Å². The molecule has 8 heteroatoms. The molecule has 0 radical (unpaired) electrons. The molecule has 1 aromatic carbocycles. The first-order valence-electron chi connectivity index (χ1n) is 5.94. The molecule has 0 aliphatic carbocycles. The number of hydrogen-bond acceptors (Lipinski definition) is 4. The second kappa shape index (κ2) is 5.79. The van der Waals surface area contributed by atoms with Gasteiger partial charge in [0, 0.05) is 0 Å². The van der Waals surface area contributed by atoms with Crippen LogP contribution in [0.15, 0.2) is 23.1 Å². The molecule has 0 unspecified atom stereocenters. The minimum absolute atomic E-state index is 0.583. The SMILES string of the molecule is CC(C)(C)[C@@H](NS(=O)(=O)c1cccc(F)c1C#N)C(=O)O. The number of sulfonamides is 1. The molecule has 0 amide bonds. The lowest BCUT2D eigenvalue weighted by Gasteiger charge is -2.27. The topological polar surface area (TPSA) is 107 Å². The van der Waals surface area contributed by atoms with Gasteiger partial charge in [-0.05, 0) is 17.5 Å². The number of halogens is 1. The monoisotopic (exact) mass is 314 g/mol. The Hall–Kier alpha value is -1.98. The Morgan fingerprint density at radius 3 is 2.43 bits per heavy atom. The van der Waals surface area contributed by atoms with E-state index in [1.807, 2.05) is 4.72 Å². The lowest BCUT2D eigenvalue weighted by atomic mass is 9.88. The molecule has 0 bridgehead atoms. The van der Waals surface area contributed by atoms with E-state index in [4.69, 9.17) is 10.4 Å². The predicted octanol–water partition coefficient (Wildman–Crippen LogP) is 1.47. The van der Waals surface area contributed by atoms with Crippen molar-refractivity contribution in [2.24, 2.45) is 5.41 Å². The number of nitriles is 1. The van der Waals surface area contributed by atoms with Crippen molar-refractivity contribution >= 4 is 16.0 Å². The van der Waals surface area contributed by atoms with Crippen molar-refractivity contribution in [3.05, 3.63) is 29.6 Å². The van der Waals surface area contributed by atoms with Crippen molar-refractivity contribution in [1.29, 1.82) is 5.26 Å². The molecule has 2 N–H and O–H groups in total. The lowest BCUT2D eigenvalue weighted by Crippen LogP contribution is -2.49. The van der Waals surface area contributed by atoms with Gasteiger partial charge in [0.25, 0.3) is 0 Å². The Morgan fingerprint density at radius 1 is 1.43 bits per heavy atom. The summed E-state index contributed by atoms with van der Waals surface area (Å²) in [5.74, 6) is -2.34. The van der Waals surface area contributed by atoms with Gasteiger partial charge in [0.05, 0.1) is 0 Å². The van der Waals surface area contributed by atoms with E-state index in [9.17, 15) is 17.6 Å². The Morgan fingerprint density at radius 2 is 2.00 bits per heavy atom. The van der Waals surface area contributed by atoms with Gasteiger partial charge in [0.15, 0.2) is 0 Å². The van der Waals surface area contributed by atoms with E-state index in [1.54, 1.807) is 20.8 Å². The highest BCUT2D eigenvalue weighted by Crippen LogP contribution is 2.23. The minimum atomic E-state index is -4.35. The summed E-state index contributed by atoms with van der Waals surface area (Å²) in [6.45, 7) is 4.64. The zero-order valence-electron chi connectivity index (χ0n) is 11.7. The summed E-state index contributed by atoms with van der Waals surface area (Å²) < 4.78 is 40.0. The van der Waals surface area contributed by atoms with E-state index >= 15 is 0 Å². The molecule has 0 fully saturated rings. The Bertz CT molecular complexity index is 702. The molecular formula is C13H15FN2O4S. The number of nitrogens with one attached hydrogen (secondary N) is 1. The van der Waals surface area contributed by atoms with Crippen molar-refractivity contribution in [3.8, 4) is 6.07 Å². The molecule has 0 aliphatic rings. The van der Waals surface area contributed by atoms with Crippen LogP contribution in [-0.4, -0.2) is 25.5 Å². The highest BCUT2D eigenvalue weighted by Gasteiger charge is 2.36. The summed E-state index contributed by atoms with van der Waals surface area (Å²) in [5.41, 5.74) is -1.55. The minimum Gasteiger partial charge on any atom is -0.480 e. The number of aliphatic carboxylic acids is 1. The third kappa shape index (κ3) is 3.77. The van der Waals surface area contributed by atoms with Crippen molar-refractivity contribution in [1.82, 2.24) is 4.72 Å². The molecule has 21 heavy (non-hydrogen) atoms. The maximum Gasteiger partial charge on any atom is 0.322 e. The van der Waals surface area contributed by atoms with Gasteiger partial charge in [-0.3, -0.25) is 4.79 Å². The average Bonchev–Trinajstić information content (AvgIpc) is 2.34. The van der Waals surface area contributed by atoms with Crippen molar-refractivity contribution < 1.29 is 22.7 Å². The quantitative estimate of drug-likeness (QED) is 0.875. The lowest BCUT2D eigenvalue weighted by molar-refractivity contribution is -0.141. The average molecular weight is 314 g/mol. The number of carboxylic acids is 1. The van der Waals surface area contributed by atoms with Crippen molar-refractivity contribution in [2.45, 2.75) is 31.7 Å². The normalized spacial score (nSPS) is 13.5. The molecule has 0 heterocycles. The smallest absolute Gasteiger partial charge is 0.322 e. The summed E-state index contributed by atoms with van der Waals surface area (Å²) in [7, 11) is -4.35. The molecule has 1 atom stereocenters. The first-order valence-corrected chi connectivity index (χ1v) is 7.43. The molecule has 1 aromatic rings. The second-order valence-electron chi connectivity index (χ2n) is 5.48. The second-order valence-corrected chi connectivity index (χ2v) is 7.17. The molecule has 0 saturated carbocycles. The van der Waals surface area contributed by atoms with Gasteiger partial charge in [-0.25, -0.2) is 12.8 Å². The summed E-state index contributed by atoms with van der Waals surface area (Å²) in [6.07, 6.45) is 0. The number of benzene rings is 1. The van der Waals surface area contributed by atoms with Gasteiger partial charge >= 0.3 is 5.97 Å². The number of nitrogens with zero attached hydrogens (tertiary/aromatic N) is 1. The highest BCUT2D eigenvalue weighted by molar-refractivity contribution is 7.89. The summed E-state index contributed by atoms with van der Waals surface area (Å²) >= 11 is 0. The van der Waals surface area contributed by atoms with Crippen LogP contribution in [0.3, 0.4) is 0 Å². The van der Waals surface area contributed by atoms with Crippen molar-refractivity contribution in [3.63, 3.8) is 0 Å². The maximum absolute atomic E-state index is 13.5. The van der Waals surface area contributed by atoms with Gasteiger partial charge in [0.1, 0.15) is 28.4 Å². The first-order chi connectivity index (χ1) is 9.50. The third-order valence-corrected chi connectivity index (χ3v) is 4.23. The van der Waals surface area contributed by atoms with Crippen LogP contribution in [-0.2, 0) is 14.8 Å². The molecule has 6 nitrogen and oxygen atoms in total. The Kier molecular flexibility index (Phi) is 4.71. The van der Waals surface area contributed by atoms with Crippen LogP contribution in [0.5, 0.6) is 0 Å². The zero-order valence-corrected chi connectivity index (χ0v) is 12.5. The molecule has 0 aliphatic heterocycles. The van der Waals surface area contributed by atoms with Gasteiger partial charge in [-0.2, -0.15) is 9.98 Å². The molecule has 0 saturated heterocycles. The Balaban J connectivity index is 3.34. The predicted molar refractivity (Wildman–Crippen MR) is 72.3 cm³/mol. The van der Waals surface area contributed by atoms with E-state index in [-0.39, 0.29) is 0 Å². The third-order valence-electron chi connectivity index (χ3n) is 2.76.